The minimum atomic E-state index is -0.233. The molecule has 1 amide bonds. The number of hydrogen-bond donors (Lipinski definition) is 2. The minimum Gasteiger partial charge on any atom is -0.384 e. The Kier molecular flexibility index (Phi) is 5.11. The van der Waals surface area contributed by atoms with Crippen LogP contribution in [0.4, 0.5) is 5.69 Å². The second kappa shape index (κ2) is 7.28. The normalized spacial score (nSPS) is 11.8. The summed E-state index contributed by atoms with van der Waals surface area (Å²) in [5, 5.41) is 6.16. The summed E-state index contributed by atoms with van der Waals surface area (Å²) in [4.78, 5) is 19.8. The predicted molar refractivity (Wildman–Crippen MR) is 77.3 cm³/mol. The van der Waals surface area contributed by atoms with Crippen molar-refractivity contribution in [3.63, 3.8) is 0 Å². The van der Waals surface area contributed by atoms with Gasteiger partial charge in [0.1, 0.15) is 6.04 Å². The molecule has 2 N–H and O–H groups in total. The first-order chi connectivity index (χ1) is 9.77. The summed E-state index contributed by atoms with van der Waals surface area (Å²) in [7, 11) is 0. The summed E-state index contributed by atoms with van der Waals surface area (Å²) >= 11 is 0. The summed E-state index contributed by atoms with van der Waals surface area (Å²) in [6, 6.07) is 3.62. The SMILES string of the molecule is C[C@@H](C(=O)NCCCNc1cccnc1)n1ccnc1. The number of aromatic nitrogens is 3. The largest absolute Gasteiger partial charge is 0.384 e. The molecule has 6 heteroatoms. The van der Waals surface area contributed by atoms with E-state index in [9.17, 15) is 4.79 Å². The summed E-state index contributed by atoms with van der Waals surface area (Å²) in [5.41, 5.74) is 0.991. The quantitative estimate of drug-likeness (QED) is 0.749. The molecule has 2 aromatic rings. The molecule has 0 bridgehead atoms. The molecule has 0 spiro atoms. The Bertz CT molecular complexity index is 512. The van der Waals surface area contributed by atoms with Gasteiger partial charge >= 0.3 is 0 Å². The minimum absolute atomic E-state index is 0.00405. The smallest absolute Gasteiger partial charge is 0.242 e. The number of nitrogens with zero attached hydrogens (tertiary/aromatic N) is 3. The standard InChI is InChI=1S/C14H19N5O/c1-12(19-9-8-16-11-19)14(20)18-7-3-6-17-13-4-2-5-15-10-13/h2,4-5,8-12,17H,3,6-7H2,1H3,(H,18,20)/t12-/m0/s1. The summed E-state index contributed by atoms with van der Waals surface area (Å²) in [5.74, 6) is 0.00405. The first kappa shape index (κ1) is 14.0. The van der Waals surface area contributed by atoms with Crippen LogP contribution in [0.25, 0.3) is 0 Å². The fourth-order valence-electron chi connectivity index (χ4n) is 1.78. The molecular weight excluding hydrogens is 254 g/mol. The third kappa shape index (κ3) is 4.08. The van der Waals surface area contributed by atoms with Crippen molar-refractivity contribution in [3.8, 4) is 0 Å². The van der Waals surface area contributed by atoms with E-state index >= 15 is 0 Å². The van der Waals surface area contributed by atoms with Crippen molar-refractivity contribution in [2.24, 2.45) is 0 Å². The zero-order valence-electron chi connectivity index (χ0n) is 11.5. The van der Waals surface area contributed by atoms with Crippen LogP contribution in [0.3, 0.4) is 0 Å². The number of imidazole rings is 1. The molecule has 6 nitrogen and oxygen atoms in total. The van der Waals surface area contributed by atoms with Crippen LogP contribution in [-0.4, -0.2) is 33.5 Å². The molecule has 0 aliphatic rings. The Balaban J connectivity index is 1.62. The van der Waals surface area contributed by atoms with Crippen LogP contribution in [0.1, 0.15) is 19.4 Å². The summed E-state index contributed by atoms with van der Waals surface area (Å²) in [6.45, 7) is 3.29. The number of carbonyl (C=O) groups is 1. The molecule has 2 rings (SSSR count). The Morgan fingerprint density at radius 1 is 1.35 bits per heavy atom. The Hall–Kier alpha value is -2.37. The third-order valence-corrected chi connectivity index (χ3v) is 2.99. The molecule has 2 aromatic heterocycles. The highest BCUT2D eigenvalue weighted by atomic mass is 16.2. The van der Waals surface area contributed by atoms with E-state index in [4.69, 9.17) is 0 Å². The Morgan fingerprint density at radius 3 is 2.95 bits per heavy atom. The van der Waals surface area contributed by atoms with Gasteiger partial charge in [0.05, 0.1) is 12.0 Å². The van der Waals surface area contributed by atoms with E-state index in [1.165, 1.54) is 0 Å². The van der Waals surface area contributed by atoms with Gasteiger partial charge in [-0.25, -0.2) is 4.98 Å². The lowest BCUT2D eigenvalue weighted by Gasteiger charge is -2.13. The number of nitrogens with one attached hydrogen (secondary N) is 2. The lowest BCUT2D eigenvalue weighted by atomic mass is 10.3. The van der Waals surface area contributed by atoms with Gasteiger partial charge in [-0.2, -0.15) is 0 Å². The topological polar surface area (TPSA) is 71.8 Å². The van der Waals surface area contributed by atoms with Crippen molar-refractivity contribution in [1.29, 1.82) is 0 Å². The molecule has 0 aromatic carbocycles. The molecule has 106 valence electrons. The van der Waals surface area contributed by atoms with Gasteiger partial charge in [0.25, 0.3) is 0 Å². The van der Waals surface area contributed by atoms with E-state index in [0.29, 0.717) is 6.54 Å². The molecule has 0 radical (unpaired) electrons. The van der Waals surface area contributed by atoms with Gasteiger partial charge < -0.3 is 15.2 Å². The van der Waals surface area contributed by atoms with Crippen LogP contribution in [0.2, 0.25) is 0 Å². The van der Waals surface area contributed by atoms with Crippen molar-refractivity contribution < 1.29 is 4.79 Å². The van der Waals surface area contributed by atoms with E-state index < -0.39 is 0 Å². The van der Waals surface area contributed by atoms with Gasteiger partial charge in [0.2, 0.25) is 5.91 Å². The Labute approximate surface area is 118 Å². The average Bonchev–Trinajstić information content (AvgIpc) is 3.01. The lowest BCUT2D eigenvalue weighted by Crippen LogP contribution is -2.32. The molecule has 0 saturated carbocycles. The van der Waals surface area contributed by atoms with Crippen molar-refractivity contribution in [2.75, 3.05) is 18.4 Å². The van der Waals surface area contributed by atoms with Gasteiger partial charge in [-0.05, 0) is 25.5 Å². The maximum atomic E-state index is 11.9. The number of anilines is 1. The van der Waals surface area contributed by atoms with Crippen LogP contribution in [-0.2, 0) is 4.79 Å². The van der Waals surface area contributed by atoms with Crippen LogP contribution in [0.5, 0.6) is 0 Å². The van der Waals surface area contributed by atoms with Gasteiger partial charge in [0.15, 0.2) is 0 Å². The number of hydrogen-bond acceptors (Lipinski definition) is 4. The molecule has 0 saturated heterocycles. The van der Waals surface area contributed by atoms with Crippen LogP contribution in [0.15, 0.2) is 43.2 Å². The van der Waals surface area contributed by atoms with Crippen molar-refractivity contribution in [1.82, 2.24) is 19.9 Å². The summed E-state index contributed by atoms with van der Waals surface area (Å²) < 4.78 is 1.78. The number of carbonyl (C=O) groups excluding carboxylic acids is 1. The van der Waals surface area contributed by atoms with Crippen molar-refractivity contribution in [2.45, 2.75) is 19.4 Å². The van der Waals surface area contributed by atoms with E-state index in [-0.39, 0.29) is 11.9 Å². The van der Waals surface area contributed by atoms with E-state index in [2.05, 4.69) is 20.6 Å². The second-order valence-corrected chi connectivity index (χ2v) is 4.50. The highest BCUT2D eigenvalue weighted by Gasteiger charge is 2.12. The number of amides is 1. The zero-order valence-corrected chi connectivity index (χ0v) is 11.5. The van der Waals surface area contributed by atoms with Crippen LogP contribution in [0, 0.1) is 0 Å². The van der Waals surface area contributed by atoms with Gasteiger partial charge in [0, 0.05) is 37.9 Å². The molecule has 2 heterocycles. The molecule has 1 atom stereocenters. The second-order valence-electron chi connectivity index (χ2n) is 4.50. The number of rotatable bonds is 7. The van der Waals surface area contributed by atoms with Crippen molar-refractivity contribution in [3.05, 3.63) is 43.2 Å². The predicted octanol–water partition coefficient (Wildman–Crippen LogP) is 1.46. The molecule has 0 unspecified atom stereocenters. The first-order valence-electron chi connectivity index (χ1n) is 6.66. The van der Waals surface area contributed by atoms with E-state index in [1.54, 1.807) is 35.7 Å². The molecule has 20 heavy (non-hydrogen) atoms. The lowest BCUT2D eigenvalue weighted by molar-refractivity contribution is -0.123. The molecule has 0 aliphatic heterocycles. The van der Waals surface area contributed by atoms with Gasteiger partial charge in [-0.1, -0.05) is 0 Å². The highest BCUT2D eigenvalue weighted by molar-refractivity contribution is 5.79. The fourth-order valence-corrected chi connectivity index (χ4v) is 1.78. The maximum Gasteiger partial charge on any atom is 0.242 e. The van der Waals surface area contributed by atoms with Crippen LogP contribution >= 0.6 is 0 Å². The molecular formula is C14H19N5O. The fraction of sp³-hybridized carbons (Fsp3) is 0.357. The van der Waals surface area contributed by atoms with Crippen LogP contribution < -0.4 is 10.6 Å². The van der Waals surface area contributed by atoms with E-state index in [0.717, 1.165) is 18.7 Å². The molecule has 0 fully saturated rings. The third-order valence-electron chi connectivity index (χ3n) is 2.99. The zero-order chi connectivity index (χ0) is 14.2. The first-order valence-corrected chi connectivity index (χ1v) is 6.66. The average molecular weight is 273 g/mol. The highest BCUT2D eigenvalue weighted by Crippen LogP contribution is 2.04. The maximum absolute atomic E-state index is 11.9. The van der Waals surface area contributed by atoms with E-state index in [1.807, 2.05) is 19.1 Å². The summed E-state index contributed by atoms with van der Waals surface area (Å²) in [6.07, 6.45) is 9.48. The number of pyridine rings is 1. The monoisotopic (exact) mass is 273 g/mol. The van der Waals surface area contributed by atoms with Gasteiger partial charge in [-0.3, -0.25) is 9.78 Å². The molecule has 0 aliphatic carbocycles. The Morgan fingerprint density at radius 2 is 2.25 bits per heavy atom. The van der Waals surface area contributed by atoms with Crippen molar-refractivity contribution >= 4 is 11.6 Å². The van der Waals surface area contributed by atoms with Gasteiger partial charge in [-0.15, -0.1) is 0 Å².